The first-order valence-corrected chi connectivity index (χ1v) is 7.87. The molecular formula is C17H26N4. The molecule has 0 aliphatic carbocycles. The molecular weight excluding hydrogens is 260 g/mol. The summed E-state index contributed by atoms with van der Waals surface area (Å²) in [6.07, 6.45) is 2.51. The molecule has 0 amide bonds. The van der Waals surface area contributed by atoms with Crippen LogP contribution in [0, 0.1) is 13.8 Å². The van der Waals surface area contributed by atoms with Crippen LogP contribution in [0.3, 0.4) is 0 Å². The SMILES string of the molecule is Cc1cc2nc(CN(C)C3CCN(C)CC3)[nH]c2cc1C. The zero-order valence-corrected chi connectivity index (χ0v) is 13.6. The monoisotopic (exact) mass is 286 g/mol. The highest BCUT2D eigenvalue weighted by molar-refractivity contribution is 5.77. The van der Waals surface area contributed by atoms with E-state index in [-0.39, 0.29) is 0 Å². The smallest absolute Gasteiger partial charge is 0.121 e. The Morgan fingerprint density at radius 1 is 1.24 bits per heavy atom. The highest BCUT2D eigenvalue weighted by Gasteiger charge is 2.21. The molecule has 21 heavy (non-hydrogen) atoms. The van der Waals surface area contributed by atoms with Gasteiger partial charge in [-0.05, 0) is 77.1 Å². The second-order valence-corrected chi connectivity index (χ2v) is 6.59. The van der Waals surface area contributed by atoms with Gasteiger partial charge in [0.2, 0.25) is 0 Å². The lowest BCUT2D eigenvalue weighted by Crippen LogP contribution is -2.41. The van der Waals surface area contributed by atoms with E-state index in [1.54, 1.807) is 0 Å². The van der Waals surface area contributed by atoms with Gasteiger partial charge in [0.1, 0.15) is 5.82 Å². The molecule has 0 radical (unpaired) electrons. The number of rotatable bonds is 3. The normalized spacial score (nSPS) is 18.0. The fourth-order valence-electron chi connectivity index (χ4n) is 3.20. The Morgan fingerprint density at radius 2 is 1.90 bits per heavy atom. The largest absolute Gasteiger partial charge is 0.341 e. The molecule has 2 aromatic rings. The molecule has 4 heteroatoms. The summed E-state index contributed by atoms with van der Waals surface area (Å²) in [5.41, 5.74) is 4.88. The Kier molecular flexibility index (Phi) is 4.00. The fourth-order valence-corrected chi connectivity index (χ4v) is 3.20. The van der Waals surface area contributed by atoms with Crippen LogP contribution in [0.5, 0.6) is 0 Å². The zero-order valence-electron chi connectivity index (χ0n) is 13.6. The molecule has 114 valence electrons. The van der Waals surface area contributed by atoms with E-state index < -0.39 is 0 Å². The van der Waals surface area contributed by atoms with E-state index in [2.05, 4.69) is 54.9 Å². The van der Waals surface area contributed by atoms with Gasteiger partial charge < -0.3 is 9.88 Å². The van der Waals surface area contributed by atoms with E-state index in [1.165, 1.54) is 37.1 Å². The third kappa shape index (κ3) is 3.11. The van der Waals surface area contributed by atoms with Gasteiger partial charge in [0, 0.05) is 6.04 Å². The molecule has 0 bridgehead atoms. The quantitative estimate of drug-likeness (QED) is 0.942. The molecule has 2 heterocycles. The van der Waals surface area contributed by atoms with E-state index in [4.69, 9.17) is 4.98 Å². The molecule has 0 unspecified atom stereocenters. The molecule has 1 fully saturated rings. The average molecular weight is 286 g/mol. The van der Waals surface area contributed by atoms with Crippen molar-refractivity contribution in [2.45, 2.75) is 39.3 Å². The van der Waals surface area contributed by atoms with Crippen molar-refractivity contribution in [2.75, 3.05) is 27.2 Å². The van der Waals surface area contributed by atoms with E-state index in [0.29, 0.717) is 6.04 Å². The maximum atomic E-state index is 4.76. The summed E-state index contributed by atoms with van der Waals surface area (Å²) in [7, 11) is 4.43. The number of H-pyrrole nitrogens is 1. The van der Waals surface area contributed by atoms with E-state index in [1.807, 2.05) is 0 Å². The third-order valence-electron chi connectivity index (χ3n) is 4.86. The molecule has 0 spiro atoms. The van der Waals surface area contributed by atoms with Crippen molar-refractivity contribution in [2.24, 2.45) is 0 Å². The minimum absolute atomic E-state index is 0.679. The van der Waals surface area contributed by atoms with Gasteiger partial charge in [-0.1, -0.05) is 0 Å². The van der Waals surface area contributed by atoms with Crippen molar-refractivity contribution in [3.63, 3.8) is 0 Å². The van der Waals surface area contributed by atoms with Crippen molar-refractivity contribution in [3.8, 4) is 0 Å². The number of aromatic amines is 1. The Hall–Kier alpha value is -1.39. The van der Waals surface area contributed by atoms with Crippen molar-refractivity contribution >= 4 is 11.0 Å². The van der Waals surface area contributed by atoms with Crippen LogP contribution in [0.1, 0.15) is 29.8 Å². The second-order valence-electron chi connectivity index (χ2n) is 6.59. The van der Waals surface area contributed by atoms with Gasteiger partial charge in [-0.15, -0.1) is 0 Å². The predicted octanol–water partition coefficient (Wildman–Crippen LogP) is 2.71. The maximum Gasteiger partial charge on any atom is 0.121 e. The summed E-state index contributed by atoms with van der Waals surface area (Å²) in [5.74, 6) is 1.08. The number of aryl methyl sites for hydroxylation is 2. The van der Waals surface area contributed by atoms with Crippen LogP contribution in [0.25, 0.3) is 11.0 Å². The second kappa shape index (κ2) is 5.78. The maximum absolute atomic E-state index is 4.76. The van der Waals surface area contributed by atoms with Gasteiger partial charge in [0.15, 0.2) is 0 Å². The van der Waals surface area contributed by atoms with Crippen molar-refractivity contribution in [3.05, 3.63) is 29.1 Å². The zero-order chi connectivity index (χ0) is 15.0. The molecule has 4 nitrogen and oxygen atoms in total. The van der Waals surface area contributed by atoms with E-state index >= 15 is 0 Å². The van der Waals surface area contributed by atoms with Crippen LogP contribution < -0.4 is 0 Å². The van der Waals surface area contributed by atoms with Crippen LogP contribution in [0.2, 0.25) is 0 Å². The van der Waals surface area contributed by atoms with Gasteiger partial charge in [-0.25, -0.2) is 4.98 Å². The molecule has 1 aromatic carbocycles. The average Bonchev–Trinajstić information content (AvgIpc) is 2.81. The lowest BCUT2D eigenvalue weighted by Gasteiger charge is -2.34. The minimum atomic E-state index is 0.679. The molecule has 1 saturated heterocycles. The molecule has 0 saturated carbocycles. The highest BCUT2D eigenvalue weighted by atomic mass is 15.2. The summed E-state index contributed by atoms with van der Waals surface area (Å²) < 4.78 is 0. The van der Waals surface area contributed by atoms with Gasteiger partial charge >= 0.3 is 0 Å². The van der Waals surface area contributed by atoms with Crippen LogP contribution in [-0.4, -0.2) is 53.0 Å². The number of hydrogen-bond donors (Lipinski definition) is 1. The summed E-state index contributed by atoms with van der Waals surface area (Å²) >= 11 is 0. The number of likely N-dealkylation sites (tertiary alicyclic amines) is 1. The Bertz CT molecular complexity index is 584. The molecule has 1 aromatic heterocycles. The molecule has 1 N–H and O–H groups in total. The van der Waals surface area contributed by atoms with E-state index in [0.717, 1.165) is 23.4 Å². The van der Waals surface area contributed by atoms with Crippen LogP contribution in [-0.2, 0) is 6.54 Å². The number of piperidine rings is 1. The first-order valence-electron chi connectivity index (χ1n) is 7.87. The number of fused-ring (bicyclic) bond motifs is 1. The summed E-state index contributed by atoms with van der Waals surface area (Å²) in [5, 5.41) is 0. The van der Waals surface area contributed by atoms with Crippen LogP contribution >= 0.6 is 0 Å². The molecule has 1 aliphatic rings. The summed E-state index contributed by atoms with van der Waals surface area (Å²) in [4.78, 5) is 13.1. The lowest BCUT2D eigenvalue weighted by molar-refractivity contribution is 0.137. The van der Waals surface area contributed by atoms with Gasteiger partial charge in [0.25, 0.3) is 0 Å². The topological polar surface area (TPSA) is 35.2 Å². The van der Waals surface area contributed by atoms with Crippen LogP contribution in [0.4, 0.5) is 0 Å². The van der Waals surface area contributed by atoms with Crippen molar-refractivity contribution in [1.82, 2.24) is 19.8 Å². The molecule has 0 atom stereocenters. The number of hydrogen-bond acceptors (Lipinski definition) is 3. The number of nitrogens with one attached hydrogen (secondary N) is 1. The molecule has 3 rings (SSSR count). The van der Waals surface area contributed by atoms with Gasteiger partial charge in [-0.3, -0.25) is 4.90 Å². The molecule has 1 aliphatic heterocycles. The number of aromatic nitrogens is 2. The third-order valence-corrected chi connectivity index (χ3v) is 4.86. The van der Waals surface area contributed by atoms with Crippen molar-refractivity contribution < 1.29 is 0 Å². The first kappa shape index (κ1) is 14.5. The minimum Gasteiger partial charge on any atom is -0.341 e. The van der Waals surface area contributed by atoms with Gasteiger partial charge in [0.05, 0.1) is 17.6 Å². The first-order chi connectivity index (χ1) is 10.0. The summed E-state index contributed by atoms with van der Waals surface area (Å²) in [6, 6.07) is 5.06. The highest BCUT2D eigenvalue weighted by Crippen LogP contribution is 2.20. The standard InChI is InChI=1S/C17H26N4/c1-12-9-15-16(10-13(12)2)19-17(18-15)11-21(4)14-5-7-20(3)8-6-14/h9-10,14H,5-8,11H2,1-4H3,(H,18,19). The lowest BCUT2D eigenvalue weighted by atomic mass is 10.0. The summed E-state index contributed by atoms with van der Waals surface area (Å²) in [6.45, 7) is 7.61. The Morgan fingerprint density at radius 3 is 2.62 bits per heavy atom. The predicted molar refractivity (Wildman–Crippen MR) is 87.6 cm³/mol. The Labute approximate surface area is 127 Å². The Balaban J connectivity index is 1.72. The van der Waals surface area contributed by atoms with Gasteiger partial charge in [-0.2, -0.15) is 0 Å². The number of benzene rings is 1. The number of imidazole rings is 1. The number of nitrogens with zero attached hydrogens (tertiary/aromatic N) is 3. The van der Waals surface area contributed by atoms with E-state index in [9.17, 15) is 0 Å². The van der Waals surface area contributed by atoms with Crippen LogP contribution in [0.15, 0.2) is 12.1 Å². The fraction of sp³-hybridized carbons (Fsp3) is 0.588. The van der Waals surface area contributed by atoms with Crippen molar-refractivity contribution in [1.29, 1.82) is 0 Å².